The SMILES string of the molecule is Cc1cc(C)c(C(N)CN2CCCC2=O)c(C)c1. The van der Waals surface area contributed by atoms with Gasteiger partial charge in [-0.05, 0) is 43.9 Å². The average molecular weight is 246 g/mol. The number of nitrogens with two attached hydrogens (primary N) is 1. The van der Waals surface area contributed by atoms with Gasteiger partial charge in [0.1, 0.15) is 0 Å². The van der Waals surface area contributed by atoms with Crippen molar-refractivity contribution < 1.29 is 4.79 Å². The molecule has 3 heteroatoms. The van der Waals surface area contributed by atoms with Crippen LogP contribution in [0.4, 0.5) is 0 Å². The molecular formula is C15H22N2O. The predicted octanol–water partition coefficient (Wildman–Crippen LogP) is 2.23. The molecule has 0 radical (unpaired) electrons. The van der Waals surface area contributed by atoms with Gasteiger partial charge in [0.2, 0.25) is 5.91 Å². The molecule has 1 heterocycles. The number of carbonyl (C=O) groups excluding carboxylic acids is 1. The van der Waals surface area contributed by atoms with E-state index in [2.05, 4.69) is 32.9 Å². The van der Waals surface area contributed by atoms with E-state index in [0.717, 1.165) is 13.0 Å². The van der Waals surface area contributed by atoms with Crippen LogP contribution in [0.25, 0.3) is 0 Å². The van der Waals surface area contributed by atoms with Gasteiger partial charge in [0.25, 0.3) is 0 Å². The molecule has 2 N–H and O–H groups in total. The molecule has 1 unspecified atom stereocenters. The number of aryl methyl sites for hydroxylation is 3. The fourth-order valence-corrected chi connectivity index (χ4v) is 3.00. The molecule has 0 aromatic heterocycles. The van der Waals surface area contributed by atoms with Crippen molar-refractivity contribution in [2.45, 2.75) is 39.7 Å². The fourth-order valence-electron chi connectivity index (χ4n) is 3.00. The standard InChI is InChI=1S/C15H22N2O/c1-10-7-11(2)15(12(3)8-10)13(16)9-17-6-4-5-14(17)18/h7-8,13H,4-6,9,16H2,1-3H3. The molecular weight excluding hydrogens is 224 g/mol. The molecule has 1 aromatic carbocycles. The van der Waals surface area contributed by atoms with Gasteiger partial charge < -0.3 is 10.6 Å². The Balaban J connectivity index is 2.18. The van der Waals surface area contributed by atoms with Crippen LogP contribution >= 0.6 is 0 Å². The van der Waals surface area contributed by atoms with E-state index in [-0.39, 0.29) is 11.9 Å². The van der Waals surface area contributed by atoms with Crippen LogP contribution in [-0.2, 0) is 4.79 Å². The number of nitrogens with zero attached hydrogens (tertiary/aromatic N) is 1. The zero-order valence-electron chi connectivity index (χ0n) is 11.5. The third-order valence-corrected chi connectivity index (χ3v) is 3.70. The number of likely N-dealkylation sites (tertiary alicyclic amines) is 1. The van der Waals surface area contributed by atoms with E-state index in [0.29, 0.717) is 13.0 Å². The van der Waals surface area contributed by atoms with Gasteiger partial charge in [-0.1, -0.05) is 17.7 Å². The molecule has 0 saturated carbocycles. The molecule has 1 amide bonds. The zero-order valence-corrected chi connectivity index (χ0v) is 11.5. The quantitative estimate of drug-likeness (QED) is 0.889. The summed E-state index contributed by atoms with van der Waals surface area (Å²) in [7, 11) is 0. The molecule has 1 fully saturated rings. The molecule has 1 atom stereocenters. The van der Waals surface area contributed by atoms with Crippen molar-refractivity contribution in [1.29, 1.82) is 0 Å². The number of hydrogen-bond acceptors (Lipinski definition) is 2. The number of amides is 1. The molecule has 2 rings (SSSR count). The van der Waals surface area contributed by atoms with Gasteiger partial charge in [0.15, 0.2) is 0 Å². The van der Waals surface area contributed by atoms with Gasteiger partial charge in [-0.25, -0.2) is 0 Å². The first kappa shape index (κ1) is 13.1. The Hall–Kier alpha value is -1.35. The second kappa shape index (κ2) is 5.11. The Labute approximate surface area is 109 Å². The van der Waals surface area contributed by atoms with Gasteiger partial charge in [0, 0.05) is 25.6 Å². The Kier molecular flexibility index (Phi) is 3.71. The number of benzene rings is 1. The summed E-state index contributed by atoms with van der Waals surface area (Å²) in [5.74, 6) is 0.243. The van der Waals surface area contributed by atoms with E-state index in [1.54, 1.807) is 0 Å². The summed E-state index contributed by atoms with van der Waals surface area (Å²) in [4.78, 5) is 13.5. The van der Waals surface area contributed by atoms with Crippen molar-refractivity contribution >= 4 is 5.91 Å². The number of hydrogen-bond donors (Lipinski definition) is 1. The number of rotatable bonds is 3. The lowest BCUT2D eigenvalue weighted by Crippen LogP contribution is -2.33. The Morgan fingerprint density at radius 3 is 2.39 bits per heavy atom. The van der Waals surface area contributed by atoms with Crippen LogP contribution < -0.4 is 5.73 Å². The smallest absolute Gasteiger partial charge is 0.222 e. The molecule has 1 saturated heterocycles. The first-order chi connectivity index (χ1) is 8.49. The normalized spacial score (nSPS) is 17.3. The highest BCUT2D eigenvalue weighted by Gasteiger charge is 2.23. The first-order valence-electron chi connectivity index (χ1n) is 6.60. The summed E-state index contributed by atoms with van der Waals surface area (Å²) >= 11 is 0. The van der Waals surface area contributed by atoms with E-state index < -0.39 is 0 Å². The average Bonchev–Trinajstić information content (AvgIpc) is 2.62. The Morgan fingerprint density at radius 1 is 1.28 bits per heavy atom. The van der Waals surface area contributed by atoms with Gasteiger partial charge in [-0.2, -0.15) is 0 Å². The minimum absolute atomic E-state index is 0.0763. The van der Waals surface area contributed by atoms with Gasteiger partial charge >= 0.3 is 0 Å². The maximum absolute atomic E-state index is 11.6. The molecule has 1 aliphatic heterocycles. The monoisotopic (exact) mass is 246 g/mol. The highest BCUT2D eigenvalue weighted by Crippen LogP contribution is 2.24. The van der Waals surface area contributed by atoms with Crippen molar-refractivity contribution in [3.05, 3.63) is 34.4 Å². The molecule has 18 heavy (non-hydrogen) atoms. The van der Waals surface area contributed by atoms with E-state index >= 15 is 0 Å². The van der Waals surface area contributed by atoms with Crippen LogP contribution in [0.1, 0.15) is 41.1 Å². The Morgan fingerprint density at radius 2 is 1.89 bits per heavy atom. The van der Waals surface area contributed by atoms with Gasteiger partial charge in [0.05, 0.1) is 0 Å². The van der Waals surface area contributed by atoms with Crippen LogP contribution in [0.3, 0.4) is 0 Å². The summed E-state index contributed by atoms with van der Waals surface area (Å²) in [6, 6.07) is 4.25. The van der Waals surface area contributed by atoms with Crippen LogP contribution in [0.5, 0.6) is 0 Å². The van der Waals surface area contributed by atoms with E-state index in [9.17, 15) is 4.79 Å². The van der Waals surface area contributed by atoms with E-state index in [1.807, 2.05) is 4.90 Å². The van der Waals surface area contributed by atoms with Crippen LogP contribution in [0.2, 0.25) is 0 Å². The summed E-state index contributed by atoms with van der Waals surface area (Å²) in [6.07, 6.45) is 1.65. The molecule has 1 aromatic rings. The highest BCUT2D eigenvalue weighted by atomic mass is 16.2. The Bertz CT molecular complexity index is 445. The van der Waals surface area contributed by atoms with Gasteiger partial charge in [-0.3, -0.25) is 4.79 Å². The topological polar surface area (TPSA) is 46.3 Å². The van der Waals surface area contributed by atoms with E-state index in [1.165, 1.54) is 22.3 Å². The zero-order chi connectivity index (χ0) is 13.3. The van der Waals surface area contributed by atoms with Crippen LogP contribution in [-0.4, -0.2) is 23.9 Å². The van der Waals surface area contributed by atoms with Crippen molar-refractivity contribution in [1.82, 2.24) is 4.90 Å². The summed E-state index contributed by atoms with van der Waals surface area (Å²) in [5, 5.41) is 0. The van der Waals surface area contributed by atoms with Crippen LogP contribution in [0, 0.1) is 20.8 Å². The summed E-state index contributed by atoms with van der Waals surface area (Å²) < 4.78 is 0. The predicted molar refractivity (Wildman–Crippen MR) is 73.4 cm³/mol. The third-order valence-electron chi connectivity index (χ3n) is 3.70. The lowest BCUT2D eigenvalue weighted by molar-refractivity contribution is -0.127. The minimum atomic E-state index is -0.0763. The molecule has 0 aliphatic carbocycles. The first-order valence-corrected chi connectivity index (χ1v) is 6.60. The highest BCUT2D eigenvalue weighted by molar-refractivity contribution is 5.78. The summed E-state index contributed by atoms with van der Waals surface area (Å²) in [6.45, 7) is 7.79. The van der Waals surface area contributed by atoms with Gasteiger partial charge in [-0.15, -0.1) is 0 Å². The van der Waals surface area contributed by atoms with Crippen molar-refractivity contribution in [2.24, 2.45) is 5.73 Å². The molecule has 0 spiro atoms. The minimum Gasteiger partial charge on any atom is -0.341 e. The second-order valence-electron chi connectivity index (χ2n) is 5.36. The van der Waals surface area contributed by atoms with Crippen molar-refractivity contribution in [2.75, 3.05) is 13.1 Å². The second-order valence-corrected chi connectivity index (χ2v) is 5.36. The summed E-state index contributed by atoms with van der Waals surface area (Å²) in [5.41, 5.74) is 11.2. The van der Waals surface area contributed by atoms with Crippen LogP contribution in [0.15, 0.2) is 12.1 Å². The molecule has 1 aliphatic rings. The third kappa shape index (κ3) is 2.56. The molecule has 98 valence electrons. The maximum atomic E-state index is 11.6. The van der Waals surface area contributed by atoms with Crippen molar-refractivity contribution in [3.63, 3.8) is 0 Å². The number of carbonyl (C=O) groups is 1. The fraction of sp³-hybridized carbons (Fsp3) is 0.533. The largest absolute Gasteiger partial charge is 0.341 e. The van der Waals surface area contributed by atoms with E-state index in [4.69, 9.17) is 5.73 Å². The maximum Gasteiger partial charge on any atom is 0.222 e. The lowest BCUT2D eigenvalue weighted by atomic mass is 9.94. The molecule has 0 bridgehead atoms. The lowest BCUT2D eigenvalue weighted by Gasteiger charge is -2.24. The van der Waals surface area contributed by atoms with Crippen molar-refractivity contribution in [3.8, 4) is 0 Å². The molecule has 3 nitrogen and oxygen atoms in total.